The average Bonchev–Trinajstić information content (AvgIpc) is 3.71. The number of morpholine rings is 1. The Bertz CT molecular complexity index is 1140. The van der Waals surface area contributed by atoms with Gasteiger partial charge in [0, 0.05) is 50.4 Å². The summed E-state index contributed by atoms with van der Waals surface area (Å²) in [6, 6.07) is 10.9. The zero-order valence-corrected chi connectivity index (χ0v) is 21.1. The van der Waals surface area contributed by atoms with Gasteiger partial charge in [0.1, 0.15) is 11.8 Å². The van der Waals surface area contributed by atoms with E-state index >= 15 is 0 Å². The van der Waals surface area contributed by atoms with Crippen LogP contribution >= 0.6 is 0 Å². The number of allylic oxidation sites excluding steroid dienone is 2. The zero-order valence-electron chi connectivity index (χ0n) is 21.1. The molecule has 2 aliphatic rings. The van der Waals surface area contributed by atoms with E-state index in [0.29, 0.717) is 39.4 Å². The first kappa shape index (κ1) is 27.5. The summed E-state index contributed by atoms with van der Waals surface area (Å²) in [7, 11) is 1.63. The van der Waals surface area contributed by atoms with E-state index in [1.807, 2.05) is 24.3 Å². The van der Waals surface area contributed by atoms with Gasteiger partial charge in [-0.15, -0.1) is 0 Å². The van der Waals surface area contributed by atoms with Crippen LogP contribution in [0.5, 0.6) is 5.75 Å². The maximum Gasteiger partial charge on any atom is 0.416 e. The molecule has 1 fully saturated rings. The molecule has 0 bridgehead atoms. The van der Waals surface area contributed by atoms with E-state index in [4.69, 9.17) is 9.47 Å². The molecule has 2 amide bonds. The number of hydrogen-bond acceptors (Lipinski definition) is 6. The topological polar surface area (TPSA) is 91.9 Å². The molecule has 4 rings (SSSR count). The van der Waals surface area contributed by atoms with Crippen LogP contribution in [0.15, 0.2) is 54.2 Å². The van der Waals surface area contributed by atoms with Crippen molar-refractivity contribution in [2.24, 2.45) is 0 Å². The van der Waals surface area contributed by atoms with Crippen LogP contribution in [-0.4, -0.2) is 75.8 Å². The van der Waals surface area contributed by atoms with Crippen LogP contribution in [0.3, 0.4) is 0 Å². The van der Waals surface area contributed by atoms with Crippen molar-refractivity contribution in [2.45, 2.75) is 18.6 Å². The quantitative estimate of drug-likeness (QED) is 0.386. The average molecular weight is 533 g/mol. The largest absolute Gasteiger partial charge is 0.497 e. The molecule has 0 unspecified atom stereocenters. The number of methoxy groups -OCH3 is 1. The van der Waals surface area contributed by atoms with Gasteiger partial charge in [-0.1, -0.05) is 12.1 Å². The Hall–Kier alpha value is -3.57. The highest BCUT2D eigenvalue weighted by Crippen LogP contribution is 2.38. The van der Waals surface area contributed by atoms with Crippen LogP contribution < -0.4 is 20.7 Å². The molecule has 1 aliphatic heterocycles. The smallest absolute Gasteiger partial charge is 0.416 e. The highest BCUT2D eigenvalue weighted by molar-refractivity contribution is 5.97. The standard InChI is InChI=1S/C27H31F3N4O4/c1-37-21-8-4-18(5-9-21)22-16-23(22)32-11-10-31-17-24(26(36)34-12-14-38-15-13-34)33-25(35)19-2-6-20(7-3-19)27(28,29)30/h2-9,24,31-32H,10-17H2,1H3,(H,33,35)/t24-/m0/s1. The minimum Gasteiger partial charge on any atom is -0.497 e. The second-order valence-electron chi connectivity index (χ2n) is 9.03. The van der Waals surface area contributed by atoms with Gasteiger partial charge in [0.2, 0.25) is 5.91 Å². The molecule has 2 aromatic rings. The van der Waals surface area contributed by atoms with Gasteiger partial charge in [-0.25, -0.2) is 0 Å². The number of amides is 2. The minimum atomic E-state index is -4.49. The highest BCUT2D eigenvalue weighted by atomic mass is 19.4. The maximum absolute atomic E-state index is 13.1. The van der Waals surface area contributed by atoms with Gasteiger partial charge in [-0.2, -0.15) is 13.2 Å². The summed E-state index contributed by atoms with van der Waals surface area (Å²) >= 11 is 0. The number of hydrogen-bond donors (Lipinski definition) is 3. The predicted octanol–water partition coefficient (Wildman–Crippen LogP) is 2.67. The molecule has 38 heavy (non-hydrogen) atoms. The molecule has 1 saturated heterocycles. The number of halogens is 3. The fraction of sp³-hybridized carbons (Fsp3) is 0.407. The molecular formula is C27H31F3N4O4. The van der Waals surface area contributed by atoms with Crippen molar-refractivity contribution >= 4 is 17.4 Å². The Labute approximate surface area is 219 Å². The molecule has 204 valence electrons. The Morgan fingerprint density at radius 1 is 1.03 bits per heavy atom. The van der Waals surface area contributed by atoms with Crippen molar-refractivity contribution in [3.8, 4) is 5.75 Å². The fourth-order valence-electron chi connectivity index (χ4n) is 4.17. The van der Waals surface area contributed by atoms with Gasteiger partial charge >= 0.3 is 6.18 Å². The zero-order chi connectivity index (χ0) is 27.1. The van der Waals surface area contributed by atoms with Crippen LogP contribution in [0.4, 0.5) is 13.2 Å². The van der Waals surface area contributed by atoms with Crippen LogP contribution in [0, 0.1) is 0 Å². The minimum absolute atomic E-state index is 0.0474. The van der Waals surface area contributed by atoms with Crippen molar-refractivity contribution in [1.82, 2.24) is 20.9 Å². The lowest BCUT2D eigenvalue weighted by molar-refractivity contribution is -0.138. The SMILES string of the molecule is COc1ccc(C2=C(NCCNC[C@H](NC(=O)c3ccc(C(F)(F)F)cc3)C(=O)N3CCOCC3)C2)cc1. The Kier molecular flexibility index (Phi) is 8.90. The summed E-state index contributed by atoms with van der Waals surface area (Å²) in [4.78, 5) is 27.5. The Morgan fingerprint density at radius 2 is 1.71 bits per heavy atom. The van der Waals surface area contributed by atoms with Crippen molar-refractivity contribution in [3.63, 3.8) is 0 Å². The molecule has 0 spiro atoms. The molecule has 0 radical (unpaired) electrons. The van der Waals surface area contributed by atoms with Gasteiger partial charge < -0.3 is 30.3 Å². The van der Waals surface area contributed by atoms with E-state index in [9.17, 15) is 22.8 Å². The van der Waals surface area contributed by atoms with Gasteiger partial charge in [-0.3, -0.25) is 9.59 Å². The van der Waals surface area contributed by atoms with Crippen molar-refractivity contribution in [3.05, 3.63) is 70.9 Å². The van der Waals surface area contributed by atoms with E-state index in [2.05, 4.69) is 16.0 Å². The summed E-state index contributed by atoms with van der Waals surface area (Å²) in [5, 5.41) is 9.26. The lowest BCUT2D eigenvalue weighted by Crippen LogP contribution is -2.55. The fourth-order valence-corrected chi connectivity index (χ4v) is 4.17. The molecule has 0 aromatic heterocycles. The van der Waals surface area contributed by atoms with E-state index < -0.39 is 23.7 Å². The molecule has 11 heteroatoms. The maximum atomic E-state index is 13.1. The summed E-state index contributed by atoms with van der Waals surface area (Å²) in [6.07, 6.45) is -3.61. The summed E-state index contributed by atoms with van der Waals surface area (Å²) < 4.78 is 49.1. The number of benzene rings is 2. The molecule has 3 N–H and O–H groups in total. The molecule has 8 nitrogen and oxygen atoms in total. The lowest BCUT2D eigenvalue weighted by Gasteiger charge is -2.31. The molecule has 1 aliphatic carbocycles. The first-order chi connectivity index (χ1) is 18.3. The van der Waals surface area contributed by atoms with Crippen molar-refractivity contribution < 1.29 is 32.2 Å². The van der Waals surface area contributed by atoms with Crippen LogP contribution in [0.25, 0.3) is 5.57 Å². The Balaban J connectivity index is 1.30. The molecule has 1 heterocycles. The third-order valence-electron chi connectivity index (χ3n) is 6.42. The van der Waals surface area contributed by atoms with E-state index in [0.717, 1.165) is 47.7 Å². The van der Waals surface area contributed by atoms with Gasteiger partial charge in [0.15, 0.2) is 0 Å². The van der Waals surface area contributed by atoms with Crippen LogP contribution in [-0.2, 0) is 15.7 Å². The van der Waals surface area contributed by atoms with Crippen molar-refractivity contribution in [1.29, 1.82) is 0 Å². The van der Waals surface area contributed by atoms with E-state index in [1.54, 1.807) is 12.0 Å². The van der Waals surface area contributed by atoms with Crippen LogP contribution in [0.2, 0.25) is 0 Å². The van der Waals surface area contributed by atoms with Gasteiger partial charge in [0.05, 0.1) is 25.9 Å². The number of alkyl halides is 3. The first-order valence-corrected chi connectivity index (χ1v) is 12.4. The third kappa shape index (κ3) is 7.26. The highest BCUT2D eigenvalue weighted by Gasteiger charge is 2.31. The molecular weight excluding hydrogens is 501 g/mol. The number of carbonyl (C=O) groups is 2. The second-order valence-corrected chi connectivity index (χ2v) is 9.03. The predicted molar refractivity (Wildman–Crippen MR) is 136 cm³/mol. The molecule has 1 atom stereocenters. The summed E-state index contributed by atoms with van der Waals surface area (Å²) in [5.74, 6) is -0.0708. The number of carbonyl (C=O) groups excluding carboxylic acids is 2. The first-order valence-electron chi connectivity index (χ1n) is 12.4. The van der Waals surface area contributed by atoms with E-state index in [-0.39, 0.29) is 18.0 Å². The van der Waals surface area contributed by atoms with Gasteiger partial charge in [-0.05, 0) is 47.5 Å². The number of nitrogens with one attached hydrogen (secondary N) is 3. The third-order valence-corrected chi connectivity index (χ3v) is 6.42. The van der Waals surface area contributed by atoms with Crippen molar-refractivity contribution in [2.75, 3.05) is 53.0 Å². The number of ether oxygens (including phenoxy) is 2. The summed E-state index contributed by atoms with van der Waals surface area (Å²) in [5.41, 5.74) is 2.75. The lowest BCUT2D eigenvalue weighted by atomic mass is 10.1. The number of rotatable bonds is 11. The monoisotopic (exact) mass is 532 g/mol. The summed E-state index contributed by atoms with van der Waals surface area (Å²) in [6.45, 7) is 2.99. The normalized spacial score (nSPS) is 16.2. The molecule has 0 saturated carbocycles. The van der Waals surface area contributed by atoms with E-state index in [1.165, 1.54) is 5.57 Å². The number of nitrogens with zero attached hydrogens (tertiary/aromatic N) is 1. The van der Waals surface area contributed by atoms with Crippen LogP contribution in [0.1, 0.15) is 27.9 Å². The molecule has 2 aromatic carbocycles. The second kappa shape index (κ2) is 12.3. The Morgan fingerprint density at radius 3 is 2.34 bits per heavy atom. The van der Waals surface area contributed by atoms with Gasteiger partial charge in [0.25, 0.3) is 5.91 Å².